The quantitative estimate of drug-likeness (QED) is 0.843. The first-order valence-electron chi connectivity index (χ1n) is 5.43. The molecule has 90 valence electrons. The van der Waals surface area contributed by atoms with Crippen molar-refractivity contribution >= 4 is 5.97 Å². The van der Waals surface area contributed by atoms with Gasteiger partial charge in [0.15, 0.2) is 0 Å². The molecule has 1 atom stereocenters. The van der Waals surface area contributed by atoms with Crippen molar-refractivity contribution in [3.63, 3.8) is 0 Å². The molecule has 1 aromatic carbocycles. The topological polar surface area (TPSA) is 64.3 Å². The number of carbonyl (C=O) groups is 1. The Morgan fingerprint density at radius 3 is 2.53 bits per heavy atom. The van der Waals surface area contributed by atoms with Crippen LogP contribution in [0.5, 0.6) is 0 Å². The summed E-state index contributed by atoms with van der Waals surface area (Å²) >= 11 is 0. The van der Waals surface area contributed by atoms with Crippen LogP contribution in [0.15, 0.2) is 24.3 Å². The molecule has 0 radical (unpaired) electrons. The molecule has 0 saturated carbocycles. The predicted molar refractivity (Wildman–Crippen MR) is 64.5 cm³/mol. The zero-order chi connectivity index (χ0) is 12.8. The maximum absolute atomic E-state index is 10.7. The minimum Gasteiger partial charge on any atom is -0.478 e. The van der Waals surface area contributed by atoms with Gasteiger partial charge in [0.05, 0.1) is 17.6 Å². The summed E-state index contributed by atoms with van der Waals surface area (Å²) < 4.78 is 0. The Kier molecular flexibility index (Phi) is 4.68. The molecule has 0 aliphatic rings. The van der Waals surface area contributed by atoms with Gasteiger partial charge >= 0.3 is 5.97 Å². The Hall–Kier alpha value is -1.86. The first-order chi connectivity index (χ1) is 8.02. The molecule has 0 spiro atoms. The summed E-state index contributed by atoms with van der Waals surface area (Å²) in [5, 5.41) is 17.5. The summed E-state index contributed by atoms with van der Waals surface area (Å²) in [7, 11) is 1.94. The van der Waals surface area contributed by atoms with Crippen LogP contribution in [0.4, 0.5) is 0 Å². The lowest BCUT2D eigenvalue weighted by Crippen LogP contribution is -2.23. The lowest BCUT2D eigenvalue weighted by molar-refractivity contribution is 0.0697. The SMILES string of the molecule is CC(C#N)CN(C)Cc1ccc(C(=O)O)cc1. The van der Waals surface area contributed by atoms with E-state index in [4.69, 9.17) is 10.4 Å². The van der Waals surface area contributed by atoms with E-state index in [0.29, 0.717) is 18.7 Å². The first-order valence-corrected chi connectivity index (χ1v) is 5.43. The lowest BCUT2D eigenvalue weighted by atomic mass is 10.1. The van der Waals surface area contributed by atoms with Crippen molar-refractivity contribution in [2.75, 3.05) is 13.6 Å². The highest BCUT2D eigenvalue weighted by atomic mass is 16.4. The third kappa shape index (κ3) is 4.25. The summed E-state index contributed by atoms with van der Waals surface area (Å²) in [5.74, 6) is -0.915. The zero-order valence-corrected chi connectivity index (χ0v) is 10.1. The average molecular weight is 232 g/mol. The van der Waals surface area contributed by atoms with Crippen molar-refractivity contribution in [2.24, 2.45) is 5.92 Å². The highest BCUT2D eigenvalue weighted by Crippen LogP contribution is 2.08. The minimum absolute atomic E-state index is 0.00158. The van der Waals surface area contributed by atoms with Gasteiger partial charge in [-0.05, 0) is 31.7 Å². The molecule has 17 heavy (non-hydrogen) atoms. The summed E-state index contributed by atoms with van der Waals surface area (Å²) in [6, 6.07) is 8.98. The average Bonchev–Trinajstić information content (AvgIpc) is 2.29. The highest BCUT2D eigenvalue weighted by molar-refractivity contribution is 5.87. The standard InChI is InChI=1S/C13H16N2O2/c1-10(7-14)8-15(2)9-11-3-5-12(6-4-11)13(16)17/h3-6,10H,8-9H2,1-2H3,(H,16,17). The van der Waals surface area contributed by atoms with Gasteiger partial charge in [-0.2, -0.15) is 5.26 Å². The molecule has 0 bridgehead atoms. The smallest absolute Gasteiger partial charge is 0.335 e. The van der Waals surface area contributed by atoms with Gasteiger partial charge in [0, 0.05) is 13.1 Å². The van der Waals surface area contributed by atoms with E-state index in [1.165, 1.54) is 0 Å². The normalized spacial score (nSPS) is 12.1. The molecule has 0 aromatic heterocycles. The van der Waals surface area contributed by atoms with Crippen molar-refractivity contribution in [2.45, 2.75) is 13.5 Å². The molecule has 1 N–H and O–H groups in total. The number of aromatic carboxylic acids is 1. The Morgan fingerprint density at radius 1 is 1.47 bits per heavy atom. The van der Waals surface area contributed by atoms with Crippen LogP contribution >= 0.6 is 0 Å². The number of nitriles is 1. The van der Waals surface area contributed by atoms with Gasteiger partial charge in [-0.15, -0.1) is 0 Å². The first kappa shape index (κ1) is 13.2. The number of carboxylic acids is 1. The summed E-state index contributed by atoms with van der Waals surface area (Å²) in [6.45, 7) is 3.30. The van der Waals surface area contributed by atoms with E-state index in [0.717, 1.165) is 5.56 Å². The number of benzene rings is 1. The van der Waals surface area contributed by atoms with Gasteiger partial charge in [0.2, 0.25) is 0 Å². The molecule has 1 aromatic rings. The van der Waals surface area contributed by atoms with Crippen molar-refractivity contribution in [1.29, 1.82) is 5.26 Å². The second kappa shape index (κ2) is 6.02. The largest absolute Gasteiger partial charge is 0.478 e. The van der Waals surface area contributed by atoms with Gasteiger partial charge < -0.3 is 10.0 Å². The zero-order valence-electron chi connectivity index (χ0n) is 10.1. The molecule has 0 heterocycles. The van der Waals surface area contributed by atoms with Gasteiger partial charge in [-0.1, -0.05) is 12.1 Å². The molecule has 0 aliphatic carbocycles. The number of nitrogens with zero attached hydrogens (tertiary/aromatic N) is 2. The fraction of sp³-hybridized carbons (Fsp3) is 0.385. The molecule has 4 nitrogen and oxygen atoms in total. The van der Waals surface area contributed by atoms with E-state index in [1.54, 1.807) is 24.3 Å². The van der Waals surface area contributed by atoms with Crippen LogP contribution in [0.25, 0.3) is 0 Å². The number of hydrogen-bond acceptors (Lipinski definition) is 3. The maximum Gasteiger partial charge on any atom is 0.335 e. The Morgan fingerprint density at radius 2 is 2.06 bits per heavy atom. The van der Waals surface area contributed by atoms with E-state index in [-0.39, 0.29) is 5.92 Å². The molecule has 1 unspecified atom stereocenters. The minimum atomic E-state index is -0.914. The molecule has 0 aliphatic heterocycles. The summed E-state index contributed by atoms with van der Waals surface area (Å²) in [4.78, 5) is 12.7. The van der Waals surface area contributed by atoms with E-state index >= 15 is 0 Å². The second-order valence-electron chi connectivity index (χ2n) is 4.23. The van der Waals surface area contributed by atoms with Gasteiger partial charge in [0.1, 0.15) is 0 Å². The van der Waals surface area contributed by atoms with Crippen LogP contribution in [0.3, 0.4) is 0 Å². The van der Waals surface area contributed by atoms with Crippen LogP contribution in [0, 0.1) is 17.2 Å². The maximum atomic E-state index is 10.7. The summed E-state index contributed by atoms with van der Waals surface area (Å²) in [6.07, 6.45) is 0. The van der Waals surface area contributed by atoms with Crippen LogP contribution in [0.2, 0.25) is 0 Å². The highest BCUT2D eigenvalue weighted by Gasteiger charge is 2.07. The van der Waals surface area contributed by atoms with E-state index < -0.39 is 5.97 Å². The third-order valence-electron chi connectivity index (χ3n) is 2.46. The van der Waals surface area contributed by atoms with E-state index in [9.17, 15) is 4.79 Å². The Bertz CT molecular complexity index is 420. The van der Waals surface area contributed by atoms with Crippen molar-refractivity contribution in [3.8, 4) is 6.07 Å². The van der Waals surface area contributed by atoms with Gasteiger partial charge in [-0.25, -0.2) is 4.79 Å². The van der Waals surface area contributed by atoms with Gasteiger partial charge in [0.25, 0.3) is 0 Å². The molecular formula is C13H16N2O2. The molecular weight excluding hydrogens is 216 g/mol. The number of carboxylic acid groups (broad SMARTS) is 1. The fourth-order valence-electron chi connectivity index (χ4n) is 1.64. The number of rotatable bonds is 5. The Labute approximate surface area is 101 Å². The predicted octanol–water partition coefficient (Wildman–Crippen LogP) is 1.98. The van der Waals surface area contributed by atoms with Crippen LogP contribution in [-0.4, -0.2) is 29.6 Å². The van der Waals surface area contributed by atoms with Crippen LogP contribution in [0.1, 0.15) is 22.8 Å². The molecule has 1 rings (SSSR count). The molecule has 4 heteroatoms. The molecule has 0 saturated heterocycles. The molecule has 0 amide bonds. The monoisotopic (exact) mass is 232 g/mol. The van der Waals surface area contributed by atoms with Crippen LogP contribution in [-0.2, 0) is 6.54 Å². The van der Waals surface area contributed by atoms with Gasteiger partial charge in [-0.3, -0.25) is 0 Å². The second-order valence-corrected chi connectivity index (χ2v) is 4.23. The van der Waals surface area contributed by atoms with Crippen molar-refractivity contribution in [3.05, 3.63) is 35.4 Å². The Balaban J connectivity index is 2.57. The van der Waals surface area contributed by atoms with Crippen molar-refractivity contribution < 1.29 is 9.90 Å². The molecule has 0 fully saturated rings. The van der Waals surface area contributed by atoms with Crippen LogP contribution < -0.4 is 0 Å². The number of hydrogen-bond donors (Lipinski definition) is 1. The third-order valence-corrected chi connectivity index (χ3v) is 2.46. The van der Waals surface area contributed by atoms with Crippen molar-refractivity contribution in [1.82, 2.24) is 4.90 Å². The van der Waals surface area contributed by atoms with E-state index in [2.05, 4.69) is 6.07 Å². The summed E-state index contributed by atoms with van der Waals surface area (Å²) in [5.41, 5.74) is 1.34. The van der Waals surface area contributed by atoms with E-state index in [1.807, 2.05) is 18.9 Å². The fourth-order valence-corrected chi connectivity index (χ4v) is 1.64. The lowest BCUT2D eigenvalue weighted by Gasteiger charge is -2.17.